The van der Waals surface area contributed by atoms with Gasteiger partial charge in [-0.05, 0) is 60.7 Å². The number of amides is 2. The van der Waals surface area contributed by atoms with Gasteiger partial charge in [0.05, 0.1) is 10.6 Å². The number of hydrogen-bond donors (Lipinski definition) is 1. The Balaban J connectivity index is 1.79. The number of rotatable bonds is 12. The van der Waals surface area contributed by atoms with Crippen LogP contribution in [0.5, 0.6) is 0 Å². The largest absolute Gasteiger partial charge is 0.357 e. The molecule has 230 valence electrons. The van der Waals surface area contributed by atoms with Crippen molar-refractivity contribution >= 4 is 27.5 Å². The highest BCUT2D eigenvalue weighted by molar-refractivity contribution is 7.92. The number of hydrogen-bond acceptors (Lipinski definition) is 4. The first-order valence-corrected chi connectivity index (χ1v) is 16.2. The standard InChI is InChI=1S/C36H41N3O4S/c1-26(2)31-17-19-32(20-18-31)39(44(42,43)33-21-13-28(4)14-22-33)25-35(40)38(24-30-15-11-27(3)12-16-30)34(36(41)37-5)23-29-9-7-6-8-10-29/h6-22,26,34H,23-25H2,1-5H3,(H,37,41)/t34-/m0/s1. The summed E-state index contributed by atoms with van der Waals surface area (Å²) in [6.45, 7) is 7.65. The monoisotopic (exact) mass is 611 g/mol. The zero-order valence-electron chi connectivity index (χ0n) is 26.0. The van der Waals surface area contributed by atoms with Crippen LogP contribution in [0, 0.1) is 13.8 Å². The van der Waals surface area contributed by atoms with Gasteiger partial charge >= 0.3 is 0 Å². The van der Waals surface area contributed by atoms with Crippen LogP contribution in [-0.2, 0) is 32.6 Å². The fourth-order valence-corrected chi connectivity index (χ4v) is 6.42. The van der Waals surface area contributed by atoms with Crippen molar-refractivity contribution in [3.05, 3.63) is 131 Å². The third-order valence-electron chi connectivity index (χ3n) is 7.73. The van der Waals surface area contributed by atoms with Crippen molar-refractivity contribution in [3.8, 4) is 0 Å². The lowest BCUT2D eigenvalue weighted by Crippen LogP contribution is -2.53. The fourth-order valence-electron chi connectivity index (χ4n) is 5.00. The van der Waals surface area contributed by atoms with Gasteiger partial charge in [-0.1, -0.05) is 104 Å². The maximum Gasteiger partial charge on any atom is 0.264 e. The zero-order valence-corrected chi connectivity index (χ0v) is 26.8. The molecule has 0 radical (unpaired) electrons. The molecule has 4 aromatic rings. The summed E-state index contributed by atoms with van der Waals surface area (Å²) in [6.07, 6.45) is 0.270. The molecule has 0 aromatic heterocycles. The van der Waals surface area contributed by atoms with Crippen LogP contribution in [0.3, 0.4) is 0 Å². The third kappa shape index (κ3) is 7.94. The lowest BCUT2D eigenvalue weighted by Gasteiger charge is -2.33. The number of carbonyl (C=O) groups excluding carboxylic acids is 2. The number of carbonyl (C=O) groups is 2. The molecule has 0 heterocycles. The van der Waals surface area contributed by atoms with Crippen molar-refractivity contribution in [2.75, 3.05) is 17.9 Å². The Hall–Kier alpha value is -4.43. The molecule has 0 unspecified atom stereocenters. The Labute approximate surface area is 261 Å². The lowest BCUT2D eigenvalue weighted by atomic mass is 10.0. The normalized spacial score (nSPS) is 12.0. The zero-order chi connectivity index (χ0) is 31.9. The van der Waals surface area contributed by atoms with E-state index in [4.69, 9.17) is 0 Å². The molecule has 0 saturated heterocycles. The Kier molecular flexibility index (Phi) is 10.6. The minimum absolute atomic E-state index is 0.0843. The van der Waals surface area contributed by atoms with Gasteiger partial charge < -0.3 is 10.2 Å². The third-order valence-corrected chi connectivity index (χ3v) is 9.51. The maximum absolute atomic E-state index is 14.4. The molecule has 0 bridgehead atoms. The molecular formula is C36H41N3O4S. The molecule has 4 rings (SSSR count). The summed E-state index contributed by atoms with van der Waals surface area (Å²) in [7, 11) is -2.60. The van der Waals surface area contributed by atoms with E-state index in [1.807, 2.05) is 80.6 Å². The summed E-state index contributed by atoms with van der Waals surface area (Å²) in [4.78, 5) is 29.4. The highest BCUT2D eigenvalue weighted by atomic mass is 32.2. The van der Waals surface area contributed by atoms with Gasteiger partial charge in [0.2, 0.25) is 11.8 Å². The lowest BCUT2D eigenvalue weighted by molar-refractivity contribution is -0.139. The molecule has 1 N–H and O–H groups in total. The summed E-state index contributed by atoms with van der Waals surface area (Å²) in [6, 6.07) is 30.2. The maximum atomic E-state index is 14.4. The van der Waals surface area contributed by atoms with Gasteiger partial charge in [0.1, 0.15) is 12.6 Å². The van der Waals surface area contributed by atoms with Crippen molar-refractivity contribution in [1.29, 1.82) is 0 Å². The number of anilines is 1. The van der Waals surface area contributed by atoms with Gasteiger partial charge in [0.15, 0.2) is 0 Å². The molecule has 0 saturated carbocycles. The Morgan fingerprint density at radius 1 is 0.750 bits per heavy atom. The first kappa shape index (κ1) is 32.5. The molecule has 0 aliphatic carbocycles. The van der Waals surface area contributed by atoms with Crippen molar-refractivity contribution in [3.63, 3.8) is 0 Å². The van der Waals surface area contributed by atoms with E-state index in [0.29, 0.717) is 5.69 Å². The molecule has 7 nitrogen and oxygen atoms in total. The van der Waals surface area contributed by atoms with Gasteiger partial charge in [0, 0.05) is 20.0 Å². The van der Waals surface area contributed by atoms with E-state index in [-0.39, 0.29) is 29.7 Å². The fraction of sp³-hybridized carbons (Fsp3) is 0.278. The van der Waals surface area contributed by atoms with Gasteiger partial charge in [0.25, 0.3) is 10.0 Å². The smallest absolute Gasteiger partial charge is 0.264 e. The quantitative estimate of drug-likeness (QED) is 0.213. The van der Waals surface area contributed by atoms with Crippen molar-refractivity contribution in [2.24, 2.45) is 0 Å². The van der Waals surface area contributed by atoms with Gasteiger partial charge in [-0.3, -0.25) is 13.9 Å². The topological polar surface area (TPSA) is 86.8 Å². The number of nitrogens with zero attached hydrogens (tertiary/aromatic N) is 2. The highest BCUT2D eigenvalue weighted by Gasteiger charge is 2.34. The summed E-state index contributed by atoms with van der Waals surface area (Å²) in [5, 5.41) is 2.71. The minimum atomic E-state index is -4.14. The van der Waals surface area contributed by atoms with E-state index in [0.717, 1.165) is 32.1 Å². The van der Waals surface area contributed by atoms with Crippen LogP contribution < -0.4 is 9.62 Å². The van der Waals surface area contributed by atoms with E-state index in [9.17, 15) is 18.0 Å². The molecule has 4 aromatic carbocycles. The first-order chi connectivity index (χ1) is 21.0. The average molecular weight is 612 g/mol. The highest BCUT2D eigenvalue weighted by Crippen LogP contribution is 2.27. The Morgan fingerprint density at radius 2 is 1.32 bits per heavy atom. The van der Waals surface area contributed by atoms with E-state index < -0.39 is 28.5 Å². The second kappa shape index (κ2) is 14.4. The number of likely N-dealkylation sites (N-methyl/N-ethyl adjacent to an activating group) is 1. The SMILES string of the molecule is CNC(=O)[C@H](Cc1ccccc1)N(Cc1ccc(C)cc1)C(=O)CN(c1ccc(C(C)C)cc1)S(=O)(=O)c1ccc(C)cc1. The molecule has 0 aliphatic heterocycles. The first-order valence-electron chi connectivity index (χ1n) is 14.8. The van der Waals surface area contributed by atoms with Crippen LogP contribution in [0.1, 0.15) is 47.6 Å². The van der Waals surface area contributed by atoms with Crippen molar-refractivity contribution in [2.45, 2.75) is 57.5 Å². The molecule has 8 heteroatoms. The molecule has 0 aliphatic rings. The van der Waals surface area contributed by atoms with E-state index in [2.05, 4.69) is 19.2 Å². The number of aryl methyl sites for hydroxylation is 2. The molecule has 44 heavy (non-hydrogen) atoms. The molecule has 2 amide bonds. The summed E-state index contributed by atoms with van der Waals surface area (Å²) in [5.74, 6) is -0.564. The van der Waals surface area contributed by atoms with Crippen LogP contribution in [0.4, 0.5) is 5.69 Å². The van der Waals surface area contributed by atoms with E-state index in [1.54, 1.807) is 43.4 Å². The summed E-state index contributed by atoms with van der Waals surface area (Å²) < 4.78 is 29.4. The van der Waals surface area contributed by atoms with E-state index >= 15 is 0 Å². The average Bonchev–Trinajstić information content (AvgIpc) is 3.02. The van der Waals surface area contributed by atoms with E-state index in [1.165, 1.54) is 4.90 Å². The molecular weight excluding hydrogens is 570 g/mol. The Morgan fingerprint density at radius 3 is 1.86 bits per heavy atom. The number of benzene rings is 4. The van der Waals surface area contributed by atoms with Crippen molar-refractivity contribution < 1.29 is 18.0 Å². The van der Waals surface area contributed by atoms with Crippen LogP contribution in [0.15, 0.2) is 108 Å². The predicted octanol–water partition coefficient (Wildman–Crippen LogP) is 6.01. The molecule has 0 spiro atoms. The van der Waals surface area contributed by atoms with Crippen LogP contribution >= 0.6 is 0 Å². The minimum Gasteiger partial charge on any atom is -0.357 e. The summed E-state index contributed by atoms with van der Waals surface area (Å²) in [5.41, 5.74) is 5.14. The van der Waals surface area contributed by atoms with Gasteiger partial charge in [-0.2, -0.15) is 0 Å². The van der Waals surface area contributed by atoms with Gasteiger partial charge in [-0.15, -0.1) is 0 Å². The van der Waals surface area contributed by atoms with Crippen LogP contribution in [-0.4, -0.2) is 44.8 Å². The van der Waals surface area contributed by atoms with Crippen LogP contribution in [0.2, 0.25) is 0 Å². The molecule has 0 fully saturated rings. The molecule has 1 atom stereocenters. The number of sulfonamides is 1. The second-order valence-electron chi connectivity index (χ2n) is 11.4. The predicted molar refractivity (Wildman–Crippen MR) is 176 cm³/mol. The number of nitrogens with one attached hydrogen (secondary N) is 1. The second-order valence-corrected chi connectivity index (χ2v) is 13.3. The summed E-state index contributed by atoms with van der Waals surface area (Å²) >= 11 is 0. The Bertz CT molecular complexity index is 1650. The van der Waals surface area contributed by atoms with Crippen LogP contribution in [0.25, 0.3) is 0 Å². The van der Waals surface area contributed by atoms with Crippen molar-refractivity contribution in [1.82, 2.24) is 10.2 Å². The van der Waals surface area contributed by atoms with Gasteiger partial charge in [-0.25, -0.2) is 8.42 Å².